The van der Waals surface area contributed by atoms with E-state index in [1.54, 1.807) is 0 Å². The molecular formula is C8H13NO. The normalized spacial score (nSPS) is 37.1. The minimum Gasteiger partial charge on any atom is -0.337 e. The van der Waals surface area contributed by atoms with Gasteiger partial charge in [-0.1, -0.05) is 0 Å². The van der Waals surface area contributed by atoms with Gasteiger partial charge in [0.15, 0.2) is 0 Å². The highest BCUT2D eigenvalue weighted by Gasteiger charge is 2.51. The van der Waals surface area contributed by atoms with Crippen molar-refractivity contribution in [3.8, 4) is 0 Å². The second-order valence-corrected chi connectivity index (χ2v) is 3.66. The predicted octanol–water partition coefficient (Wildman–Crippen LogP) is 1.02. The van der Waals surface area contributed by atoms with Crippen molar-refractivity contribution in [3.63, 3.8) is 0 Å². The molecule has 0 aromatic carbocycles. The summed E-state index contributed by atoms with van der Waals surface area (Å²) in [5.41, 5.74) is 0. The number of piperidine rings is 1. The van der Waals surface area contributed by atoms with Gasteiger partial charge >= 0.3 is 0 Å². The van der Waals surface area contributed by atoms with Crippen molar-refractivity contribution in [3.05, 3.63) is 0 Å². The fourth-order valence-corrected chi connectivity index (χ4v) is 1.98. The Morgan fingerprint density at radius 3 is 2.60 bits per heavy atom. The van der Waals surface area contributed by atoms with E-state index in [-0.39, 0.29) is 0 Å². The summed E-state index contributed by atoms with van der Waals surface area (Å²) in [4.78, 5) is 13.2. The van der Waals surface area contributed by atoms with E-state index >= 15 is 0 Å². The van der Waals surface area contributed by atoms with Crippen LogP contribution in [-0.4, -0.2) is 22.9 Å². The number of hydrogen-bond donors (Lipinski definition) is 0. The molecule has 0 radical (unpaired) electrons. The van der Waals surface area contributed by atoms with Crippen LogP contribution < -0.4 is 0 Å². The van der Waals surface area contributed by atoms with Crippen LogP contribution in [0.15, 0.2) is 0 Å². The van der Waals surface area contributed by atoms with Gasteiger partial charge in [-0.15, -0.1) is 0 Å². The maximum atomic E-state index is 11.2. The molecule has 2 heteroatoms. The average Bonchev–Trinajstić information content (AvgIpc) is 2.42. The van der Waals surface area contributed by atoms with Gasteiger partial charge in [0.1, 0.15) is 0 Å². The van der Waals surface area contributed by atoms with Crippen LogP contribution >= 0.6 is 0 Å². The van der Waals surface area contributed by atoms with Crippen molar-refractivity contribution in [2.45, 2.75) is 38.8 Å². The van der Waals surface area contributed by atoms with Crippen LogP contribution in [0, 0.1) is 5.92 Å². The lowest BCUT2D eigenvalue weighted by atomic mass is 10.3. The van der Waals surface area contributed by atoms with Gasteiger partial charge in [0.25, 0.3) is 0 Å². The van der Waals surface area contributed by atoms with Gasteiger partial charge in [0, 0.05) is 18.5 Å². The number of rotatable bonds is 1. The van der Waals surface area contributed by atoms with Crippen molar-refractivity contribution in [2.24, 2.45) is 5.92 Å². The molecule has 1 heterocycles. The molecule has 2 unspecified atom stereocenters. The summed E-state index contributed by atoms with van der Waals surface area (Å²) in [6.07, 6.45) is 2.09. The van der Waals surface area contributed by atoms with Crippen LogP contribution in [0.25, 0.3) is 0 Å². The van der Waals surface area contributed by atoms with E-state index in [1.807, 2.05) is 4.90 Å². The Balaban J connectivity index is 2.12. The molecule has 0 N–H and O–H groups in total. The Labute approximate surface area is 61.2 Å². The van der Waals surface area contributed by atoms with Crippen LogP contribution in [0.2, 0.25) is 0 Å². The van der Waals surface area contributed by atoms with Gasteiger partial charge < -0.3 is 4.90 Å². The van der Waals surface area contributed by atoms with Gasteiger partial charge in [-0.05, 0) is 26.2 Å². The highest BCUT2D eigenvalue weighted by atomic mass is 16.2. The lowest BCUT2D eigenvalue weighted by Crippen LogP contribution is -2.34. The van der Waals surface area contributed by atoms with E-state index in [1.165, 1.54) is 6.42 Å². The second kappa shape index (κ2) is 1.74. The maximum absolute atomic E-state index is 11.2. The molecule has 1 amide bonds. The first-order valence-electron chi connectivity index (χ1n) is 4.01. The van der Waals surface area contributed by atoms with E-state index < -0.39 is 0 Å². The Morgan fingerprint density at radius 1 is 1.60 bits per heavy atom. The van der Waals surface area contributed by atoms with E-state index in [0.29, 0.717) is 18.0 Å². The van der Waals surface area contributed by atoms with Crippen molar-refractivity contribution in [2.75, 3.05) is 0 Å². The molecule has 0 bridgehead atoms. The number of fused-ring (bicyclic) bond motifs is 1. The van der Waals surface area contributed by atoms with Crippen LogP contribution in [0.1, 0.15) is 26.7 Å². The van der Waals surface area contributed by atoms with Crippen LogP contribution in [0.5, 0.6) is 0 Å². The zero-order valence-electron chi connectivity index (χ0n) is 6.50. The molecule has 1 aliphatic carbocycles. The number of amides is 1. The first-order valence-corrected chi connectivity index (χ1v) is 4.01. The molecule has 2 fully saturated rings. The molecule has 2 aliphatic rings. The van der Waals surface area contributed by atoms with Gasteiger partial charge in [0.05, 0.1) is 0 Å². The van der Waals surface area contributed by atoms with Gasteiger partial charge in [0.2, 0.25) is 5.91 Å². The summed E-state index contributed by atoms with van der Waals surface area (Å²) in [6.45, 7) is 4.19. The molecule has 0 spiro atoms. The molecular weight excluding hydrogens is 126 g/mol. The largest absolute Gasteiger partial charge is 0.337 e. The highest BCUT2D eigenvalue weighted by Crippen LogP contribution is 2.45. The number of nitrogens with zero attached hydrogens (tertiary/aromatic N) is 1. The topological polar surface area (TPSA) is 20.3 Å². The molecule has 56 valence electrons. The molecule has 2 nitrogen and oxygen atoms in total. The molecule has 1 saturated heterocycles. The van der Waals surface area contributed by atoms with Crippen LogP contribution in [0.4, 0.5) is 0 Å². The third-order valence-electron chi connectivity index (χ3n) is 2.52. The zero-order chi connectivity index (χ0) is 7.30. The Hall–Kier alpha value is -0.530. The average molecular weight is 139 g/mol. The summed E-state index contributed by atoms with van der Waals surface area (Å²) in [6, 6.07) is 1.05. The highest BCUT2D eigenvalue weighted by molar-refractivity contribution is 5.81. The van der Waals surface area contributed by atoms with E-state index in [0.717, 1.165) is 12.3 Å². The summed E-state index contributed by atoms with van der Waals surface area (Å²) in [5.74, 6) is 1.10. The monoisotopic (exact) mass is 139 g/mol. The van der Waals surface area contributed by atoms with E-state index in [2.05, 4.69) is 13.8 Å². The Bertz CT molecular complexity index is 176. The molecule has 1 aliphatic heterocycles. The quantitative estimate of drug-likeness (QED) is 0.531. The van der Waals surface area contributed by atoms with Crippen LogP contribution in [-0.2, 0) is 4.79 Å². The maximum Gasteiger partial charge on any atom is 0.223 e. The van der Waals surface area contributed by atoms with Crippen LogP contribution in [0.3, 0.4) is 0 Å². The number of carbonyl (C=O) groups is 1. The standard InChI is InChI=1S/C8H13NO/c1-5(2)9-7-3-6(7)4-8(9)10/h5-7H,3-4H2,1-2H3. The molecule has 0 aromatic heterocycles. The van der Waals surface area contributed by atoms with Crippen molar-refractivity contribution in [1.29, 1.82) is 0 Å². The van der Waals surface area contributed by atoms with Gasteiger partial charge in [-0.25, -0.2) is 0 Å². The lowest BCUT2D eigenvalue weighted by Gasteiger charge is -2.22. The van der Waals surface area contributed by atoms with Crippen molar-refractivity contribution >= 4 is 5.91 Å². The minimum atomic E-state index is 0.372. The number of carbonyl (C=O) groups excluding carboxylic acids is 1. The zero-order valence-corrected chi connectivity index (χ0v) is 6.50. The number of likely N-dealkylation sites (tertiary alicyclic amines) is 1. The SMILES string of the molecule is CC(C)N1C(=O)CC2CC21. The van der Waals surface area contributed by atoms with Gasteiger partial charge in [-0.3, -0.25) is 4.79 Å². The summed E-state index contributed by atoms with van der Waals surface area (Å²) in [7, 11) is 0. The molecule has 2 atom stereocenters. The third kappa shape index (κ3) is 0.678. The minimum absolute atomic E-state index is 0.372. The first-order chi connectivity index (χ1) is 4.70. The Kier molecular flexibility index (Phi) is 1.08. The third-order valence-corrected chi connectivity index (χ3v) is 2.52. The molecule has 1 saturated carbocycles. The smallest absolute Gasteiger partial charge is 0.223 e. The summed E-state index contributed by atoms with van der Waals surface area (Å²) in [5, 5.41) is 0. The second-order valence-electron chi connectivity index (χ2n) is 3.66. The first kappa shape index (κ1) is 6.20. The fourth-order valence-electron chi connectivity index (χ4n) is 1.98. The van der Waals surface area contributed by atoms with Gasteiger partial charge in [-0.2, -0.15) is 0 Å². The number of hydrogen-bond acceptors (Lipinski definition) is 1. The van der Waals surface area contributed by atoms with E-state index in [4.69, 9.17) is 0 Å². The molecule has 10 heavy (non-hydrogen) atoms. The van der Waals surface area contributed by atoms with E-state index in [9.17, 15) is 4.79 Å². The molecule has 2 rings (SSSR count). The lowest BCUT2D eigenvalue weighted by molar-refractivity contribution is -0.130. The van der Waals surface area contributed by atoms with Crippen molar-refractivity contribution in [1.82, 2.24) is 4.90 Å². The predicted molar refractivity (Wildman–Crippen MR) is 38.5 cm³/mol. The summed E-state index contributed by atoms with van der Waals surface area (Å²) < 4.78 is 0. The molecule has 0 aromatic rings. The van der Waals surface area contributed by atoms with Crippen molar-refractivity contribution < 1.29 is 4.79 Å². The fraction of sp³-hybridized carbons (Fsp3) is 0.875. The summed E-state index contributed by atoms with van der Waals surface area (Å²) >= 11 is 0. The Morgan fingerprint density at radius 2 is 2.30 bits per heavy atom.